The van der Waals surface area contributed by atoms with Gasteiger partial charge in [-0.1, -0.05) is 11.6 Å². The summed E-state index contributed by atoms with van der Waals surface area (Å²) in [6, 6.07) is 5.07. The third kappa shape index (κ3) is 4.44. The van der Waals surface area contributed by atoms with Crippen LogP contribution in [0.25, 0.3) is 0 Å². The molecule has 1 aromatic carbocycles. The van der Waals surface area contributed by atoms with Crippen LogP contribution < -0.4 is 5.32 Å². The van der Waals surface area contributed by atoms with Crippen LogP contribution in [0.2, 0.25) is 5.02 Å². The van der Waals surface area contributed by atoms with E-state index < -0.39 is 27.9 Å². The van der Waals surface area contributed by atoms with Gasteiger partial charge in [-0.05, 0) is 75.3 Å². The molecule has 0 unspecified atom stereocenters. The lowest BCUT2D eigenvalue weighted by molar-refractivity contribution is -0.119. The van der Waals surface area contributed by atoms with Crippen molar-refractivity contribution in [2.75, 3.05) is 18.5 Å². The van der Waals surface area contributed by atoms with E-state index in [2.05, 4.69) is 5.32 Å². The van der Waals surface area contributed by atoms with E-state index in [1.54, 1.807) is 6.92 Å². The molecule has 1 aliphatic heterocycles. The summed E-state index contributed by atoms with van der Waals surface area (Å²) in [6.45, 7) is 2.24. The van der Waals surface area contributed by atoms with Crippen LogP contribution >= 0.6 is 22.9 Å². The Kier molecular flexibility index (Phi) is 6.90. The molecular formula is C22H25ClN2O5S2. The number of anilines is 1. The molecule has 1 saturated heterocycles. The summed E-state index contributed by atoms with van der Waals surface area (Å²) in [5, 5.41) is 3.76. The summed E-state index contributed by atoms with van der Waals surface area (Å²) >= 11 is 7.28. The Hall–Kier alpha value is -1.94. The standard InChI is InChI=1S/C22H25ClN2O5S2/c1-2-30-22(27)19-16-6-3-4-8-18(16)31-21(19)24-20(26)17-7-5-13-25(17)32(28,29)15-11-9-14(23)10-12-15/h9-12,17H,2-8,13H2,1H3,(H,24,26)/t17-/m1/s1. The molecule has 4 rings (SSSR count). The summed E-state index contributed by atoms with van der Waals surface area (Å²) in [5.41, 5.74) is 1.37. The van der Waals surface area contributed by atoms with Crippen molar-refractivity contribution in [3.05, 3.63) is 45.3 Å². The van der Waals surface area contributed by atoms with Gasteiger partial charge >= 0.3 is 5.97 Å². The summed E-state index contributed by atoms with van der Waals surface area (Å²) in [6.07, 6.45) is 4.66. The van der Waals surface area contributed by atoms with E-state index in [4.69, 9.17) is 16.3 Å². The third-order valence-electron chi connectivity index (χ3n) is 5.81. The maximum absolute atomic E-state index is 13.2. The molecule has 2 heterocycles. The number of hydrogen-bond donors (Lipinski definition) is 1. The number of amides is 1. The first-order valence-electron chi connectivity index (χ1n) is 10.7. The highest BCUT2D eigenvalue weighted by Crippen LogP contribution is 2.39. The van der Waals surface area contributed by atoms with Crippen molar-refractivity contribution >= 4 is 49.8 Å². The molecule has 32 heavy (non-hydrogen) atoms. The topological polar surface area (TPSA) is 92.8 Å². The van der Waals surface area contributed by atoms with Crippen LogP contribution in [0.3, 0.4) is 0 Å². The van der Waals surface area contributed by atoms with E-state index in [9.17, 15) is 18.0 Å². The van der Waals surface area contributed by atoms with Crippen LogP contribution in [0.4, 0.5) is 5.00 Å². The zero-order valence-corrected chi connectivity index (χ0v) is 20.1. The molecule has 0 spiro atoms. The lowest BCUT2D eigenvalue weighted by atomic mass is 9.95. The highest BCUT2D eigenvalue weighted by atomic mass is 35.5. The van der Waals surface area contributed by atoms with Gasteiger partial charge in [0.2, 0.25) is 15.9 Å². The van der Waals surface area contributed by atoms with Crippen molar-refractivity contribution in [2.24, 2.45) is 0 Å². The van der Waals surface area contributed by atoms with Crippen LogP contribution in [-0.4, -0.2) is 43.8 Å². The number of nitrogens with one attached hydrogen (secondary N) is 1. The van der Waals surface area contributed by atoms with Crippen LogP contribution in [0.15, 0.2) is 29.2 Å². The minimum Gasteiger partial charge on any atom is -0.462 e. The number of benzene rings is 1. The molecule has 1 fully saturated rings. The number of rotatable bonds is 6. The molecule has 1 amide bonds. The van der Waals surface area contributed by atoms with Gasteiger partial charge in [-0.2, -0.15) is 4.31 Å². The lowest BCUT2D eigenvalue weighted by Gasteiger charge is -2.23. The normalized spacial score (nSPS) is 18.9. The smallest absolute Gasteiger partial charge is 0.341 e. The predicted octanol–water partition coefficient (Wildman–Crippen LogP) is 4.25. The van der Waals surface area contributed by atoms with E-state index in [0.29, 0.717) is 28.4 Å². The molecule has 2 aromatic rings. The van der Waals surface area contributed by atoms with Crippen molar-refractivity contribution < 1.29 is 22.7 Å². The fourth-order valence-corrected chi connectivity index (χ4v) is 7.36. The number of carbonyl (C=O) groups is 2. The van der Waals surface area contributed by atoms with Crippen molar-refractivity contribution in [1.82, 2.24) is 4.31 Å². The Balaban J connectivity index is 1.60. The first-order chi connectivity index (χ1) is 15.3. The lowest BCUT2D eigenvalue weighted by Crippen LogP contribution is -2.43. The second kappa shape index (κ2) is 9.51. The zero-order chi connectivity index (χ0) is 22.9. The second-order valence-corrected chi connectivity index (χ2v) is 11.3. The number of ether oxygens (including phenoxy) is 1. The molecule has 7 nitrogen and oxygen atoms in total. The first-order valence-corrected chi connectivity index (χ1v) is 13.4. The molecule has 0 saturated carbocycles. The summed E-state index contributed by atoms with van der Waals surface area (Å²) in [4.78, 5) is 27.1. The average Bonchev–Trinajstić information content (AvgIpc) is 3.39. The van der Waals surface area contributed by atoms with Crippen molar-refractivity contribution in [3.8, 4) is 0 Å². The number of fused-ring (bicyclic) bond motifs is 1. The van der Waals surface area contributed by atoms with Gasteiger partial charge in [-0.3, -0.25) is 4.79 Å². The van der Waals surface area contributed by atoms with Gasteiger partial charge in [0.05, 0.1) is 17.1 Å². The molecule has 1 N–H and O–H groups in total. The van der Waals surface area contributed by atoms with E-state index in [0.717, 1.165) is 36.1 Å². The molecule has 0 bridgehead atoms. The quantitative estimate of drug-likeness (QED) is 0.603. The second-order valence-electron chi connectivity index (χ2n) is 7.85. The summed E-state index contributed by atoms with van der Waals surface area (Å²) < 4.78 is 32.8. The molecule has 0 radical (unpaired) electrons. The molecule has 172 valence electrons. The maximum atomic E-state index is 13.2. The largest absolute Gasteiger partial charge is 0.462 e. The zero-order valence-electron chi connectivity index (χ0n) is 17.7. The number of carbonyl (C=O) groups excluding carboxylic acids is 2. The van der Waals surface area contributed by atoms with Gasteiger partial charge < -0.3 is 10.1 Å². The fourth-order valence-electron chi connectivity index (χ4n) is 4.30. The number of halogens is 1. The Morgan fingerprint density at radius 1 is 1.19 bits per heavy atom. The van der Waals surface area contributed by atoms with Gasteiger partial charge in [-0.25, -0.2) is 13.2 Å². The van der Waals surface area contributed by atoms with Gasteiger partial charge in [0.1, 0.15) is 11.0 Å². The fraction of sp³-hybridized carbons (Fsp3) is 0.455. The van der Waals surface area contributed by atoms with Crippen molar-refractivity contribution in [2.45, 2.75) is 56.4 Å². The van der Waals surface area contributed by atoms with Crippen LogP contribution in [0, 0.1) is 0 Å². The van der Waals surface area contributed by atoms with Gasteiger partial charge in [0.15, 0.2) is 0 Å². The Labute approximate surface area is 196 Å². The summed E-state index contributed by atoms with van der Waals surface area (Å²) in [7, 11) is -3.85. The van der Waals surface area contributed by atoms with E-state index in [-0.39, 0.29) is 18.0 Å². The average molecular weight is 497 g/mol. The third-order valence-corrected chi connectivity index (χ3v) is 9.20. The molecule has 2 aliphatic rings. The Morgan fingerprint density at radius 2 is 1.91 bits per heavy atom. The van der Waals surface area contributed by atoms with Crippen molar-refractivity contribution in [1.29, 1.82) is 0 Å². The van der Waals surface area contributed by atoms with E-state index >= 15 is 0 Å². The number of aryl methyl sites for hydroxylation is 1. The number of hydrogen-bond acceptors (Lipinski definition) is 6. The first kappa shape index (κ1) is 23.2. The van der Waals surface area contributed by atoms with Crippen LogP contribution in [-0.2, 0) is 32.4 Å². The van der Waals surface area contributed by atoms with Crippen LogP contribution in [0.5, 0.6) is 0 Å². The Bertz CT molecular complexity index is 1130. The molecule has 1 aromatic heterocycles. The monoisotopic (exact) mass is 496 g/mol. The number of esters is 1. The minimum atomic E-state index is -3.85. The van der Waals surface area contributed by atoms with Gasteiger partial charge in [0.25, 0.3) is 0 Å². The molecule has 1 atom stereocenters. The molecule has 1 aliphatic carbocycles. The highest BCUT2D eigenvalue weighted by Gasteiger charge is 2.40. The summed E-state index contributed by atoms with van der Waals surface area (Å²) in [5.74, 6) is -0.872. The molecule has 10 heteroatoms. The van der Waals surface area contributed by atoms with Crippen LogP contribution in [0.1, 0.15) is 53.4 Å². The maximum Gasteiger partial charge on any atom is 0.341 e. The minimum absolute atomic E-state index is 0.0976. The number of sulfonamides is 1. The van der Waals surface area contributed by atoms with Gasteiger partial charge in [0, 0.05) is 16.4 Å². The molecular weight excluding hydrogens is 472 g/mol. The van der Waals surface area contributed by atoms with Gasteiger partial charge in [-0.15, -0.1) is 11.3 Å². The predicted molar refractivity (Wildman–Crippen MR) is 124 cm³/mol. The SMILES string of the molecule is CCOC(=O)c1c(NC(=O)[C@H]2CCCN2S(=O)(=O)c2ccc(Cl)cc2)sc2c1CCCC2. The number of nitrogens with zero attached hydrogens (tertiary/aromatic N) is 1. The number of thiophene rings is 1. The van der Waals surface area contributed by atoms with Crippen molar-refractivity contribution in [3.63, 3.8) is 0 Å². The Morgan fingerprint density at radius 3 is 2.62 bits per heavy atom. The van der Waals surface area contributed by atoms with E-state index in [1.165, 1.54) is 39.9 Å². The highest BCUT2D eigenvalue weighted by molar-refractivity contribution is 7.89. The van der Waals surface area contributed by atoms with E-state index in [1.807, 2.05) is 0 Å².